The van der Waals surface area contributed by atoms with Gasteiger partial charge >= 0.3 is 6.18 Å². The number of nitrogens with two attached hydrogens (primary N) is 1. The third-order valence-electron chi connectivity index (χ3n) is 3.09. The zero-order valence-corrected chi connectivity index (χ0v) is 12.7. The number of aromatic nitrogens is 2. The number of halogens is 4. The van der Waals surface area contributed by atoms with Crippen LogP contribution >= 0.6 is 22.6 Å². The molecule has 2 N–H and O–H groups in total. The van der Waals surface area contributed by atoms with E-state index < -0.39 is 11.7 Å². The minimum absolute atomic E-state index is 0.0220. The van der Waals surface area contributed by atoms with Crippen molar-refractivity contribution in [2.24, 2.45) is 0 Å². The van der Waals surface area contributed by atoms with Gasteiger partial charge in [-0.3, -0.25) is 4.57 Å². The van der Waals surface area contributed by atoms with E-state index in [4.69, 9.17) is 5.73 Å². The Morgan fingerprint density at radius 2 is 1.81 bits per heavy atom. The van der Waals surface area contributed by atoms with Crippen LogP contribution in [0.15, 0.2) is 42.5 Å². The fourth-order valence-corrected chi connectivity index (χ4v) is 2.71. The van der Waals surface area contributed by atoms with Crippen molar-refractivity contribution >= 4 is 39.6 Å². The van der Waals surface area contributed by atoms with Crippen molar-refractivity contribution in [3.05, 3.63) is 51.6 Å². The van der Waals surface area contributed by atoms with Crippen LogP contribution in [0.3, 0.4) is 0 Å². The predicted octanol–water partition coefficient (Wildman–Crippen LogP) is 4.23. The first-order chi connectivity index (χ1) is 9.88. The minimum atomic E-state index is -4.46. The highest BCUT2D eigenvalue weighted by Gasteiger charge is 2.34. The van der Waals surface area contributed by atoms with Crippen LogP contribution in [0.1, 0.15) is 5.56 Å². The molecule has 0 saturated heterocycles. The van der Waals surface area contributed by atoms with Gasteiger partial charge in [0.1, 0.15) is 0 Å². The molecule has 0 radical (unpaired) electrons. The summed E-state index contributed by atoms with van der Waals surface area (Å²) >= 11 is 2.11. The fourth-order valence-electron chi connectivity index (χ4n) is 2.23. The maximum Gasteiger partial charge on any atom is 0.418 e. The van der Waals surface area contributed by atoms with E-state index in [9.17, 15) is 13.2 Å². The van der Waals surface area contributed by atoms with E-state index in [2.05, 4.69) is 27.6 Å². The maximum atomic E-state index is 13.2. The summed E-state index contributed by atoms with van der Waals surface area (Å²) in [7, 11) is 0. The molecular weight excluding hydrogens is 394 g/mol. The fraction of sp³-hybridized carbons (Fsp3) is 0.0714. The number of anilines is 1. The quantitative estimate of drug-likeness (QED) is 0.619. The summed E-state index contributed by atoms with van der Waals surface area (Å²) in [6.07, 6.45) is -4.46. The molecule has 108 valence electrons. The summed E-state index contributed by atoms with van der Waals surface area (Å²) in [5.41, 5.74) is 6.18. The van der Waals surface area contributed by atoms with Crippen LogP contribution in [-0.4, -0.2) is 9.55 Å². The van der Waals surface area contributed by atoms with Crippen LogP contribution in [0, 0.1) is 3.57 Å². The summed E-state index contributed by atoms with van der Waals surface area (Å²) in [4.78, 5) is 4.14. The van der Waals surface area contributed by atoms with Crippen molar-refractivity contribution in [1.29, 1.82) is 0 Å². The molecule has 21 heavy (non-hydrogen) atoms. The lowest BCUT2D eigenvalue weighted by Gasteiger charge is -2.14. The Morgan fingerprint density at radius 3 is 2.52 bits per heavy atom. The van der Waals surface area contributed by atoms with Gasteiger partial charge in [0, 0.05) is 3.57 Å². The topological polar surface area (TPSA) is 43.8 Å². The number of imidazole rings is 1. The second kappa shape index (κ2) is 4.90. The minimum Gasteiger partial charge on any atom is -0.369 e. The molecule has 7 heteroatoms. The normalized spacial score (nSPS) is 12.0. The molecule has 0 amide bonds. The first-order valence-electron chi connectivity index (χ1n) is 5.98. The van der Waals surface area contributed by atoms with E-state index in [0.717, 1.165) is 9.64 Å². The van der Waals surface area contributed by atoms with Gasteiger partial charge in [-0.1, -0.05) is 12.1 Å². The van der Waals surface area contributed by atoms with Crippen LogP contribution in [0.2, 0.25) is 0 Å². The Hall–Kier alpha value is -1.77. The van der Waals surface area contributed by atoms with Gasteiger partial charge in [-0.05, 0) is 52.9 Å². The lowest BCUT2D eigenvalue weighted by molar-refractivity contribution is -0.137. The largest absolute Gasteiger partial charge is 0.418 e. The zero-order chi connectivity index (χ0) is 15.2. The molecule has 3 rings (SSSR count). The second-order valence-electron chi connectivity index (χ2n) is 4.45. The van der Waals surface area contributed by atoms with Gasteiger partial charge in [0.25, 0.3) is 0 Å². The van der Waals surface area contributed by atoms with E-state index in [1.165, 1.54) is 16.7 Å². The number of hydrogen-bond acceptors (Lipinski definition) is 2. The molecule has 3 aromatic rings. The highest BCUT2D eigenvalue weighted by molar-refractivity contribution is 14.1. The highest BCUT2D eigenvalue weighted by Crippen LogP contribution is 2.36. The van der Waals surface area contributed by atoms with E-state index >= 15 is 0 Å². The number of benzene rings is 2. The first-order valence-corrected chi connectivity index (χ1v) is 7.06. The smallest absolute Gasteiger partial charge is 0.369 e. The van der Waals surface area contributed by atoms with Crippen molar-refractivity contribution in [2.45, 2.75) is 6.18 Å². The molecule has 0 saturated carbocycles. The van der Waals surface area contributed by atoms with Gasteiger partial charge in [-0.15, -0.1) is 0 Å². The summed E-state index contributed by atoms with van der Waals surface area (Å²) in [5, 5.41) is 0. The van der Waals surface area contributed by atoms with Crippen molar-refractivity contribution in [3.63, 3.8) is 0 Å². The van der Waals surface area contributed by atoms with Gasteiger partial charge in [0.05, 0.1) is 22.3 Å². The first kappa shape index (κ1) is 14.2. The van der Waals surface area contributed by atoms with Crippen LogP contribution in [-0.2, 0) is 6.18 Å². The lowest BCUT2D eigenvalue weighted by Crippen LogP contribution is -2.12. The Balaban J connectivity index is 2.34. The highest BCUT2D eigenvalue weighted by atomic mass is 127. The Labute approximate surface area is 131 Å². The molecule has 0 spiro atoms. The summed E-state index contributed by atoms with van der Waals surface area (Å²) in [6, 6.07) is 10.6. The molecule has 0 aliphatic carbocycles. The summed E-state index contributed by atoms with van der Waals surface area (Å²) < 4.78 is 41.7. The summed E-state index contributed by atoms with van der Waals surface area (Å²) in [6.45, 7) is 0. The average Bonchev–Trinajstić information content (AvgIpc) is 2.72. The van der Waals surface area contributed by atoms with E-state index in [-0.39, 0.29) is 11.6 Å². The molecule has 0 bridgehead atoms. The third-order valence-corrected chi connectivity index (χ3v) is 3.76. The van der Waals surface area contributed by atoms with Gasteiger partial charge in [0.15, 0.2) is 0 Å². The van der Waals surface area contributed by atoms with Crippen molar-refractivity contribution < 1.29 is 13.2 Å². The number of fused-ring (bicyclic) bond motifs is 1. The standard InChI is InChI=1S/C14H9F3IN3/c15-14(16,17)9-3-1-2-4-11(9)21-12-6-5-8(18)7-10(12)20-13(21)19/h1-7H,(H2,19,20). The number of alkyl halides is 3. The molecule has 0 atom stereocenters. The molecule has 3 nitrogen and oxygen atoms in total. The monoisotopic (exact) mass is 403 g/mol. The van der Waals surface area contributed by atoms with E-state index in [1.807, 2.05) is 0 Å². The van der Waals surface area contributed by atoms with Crippen molar-refractivity contribution in [3.8, 4) is 5.69 Å². The Bertz CT molecular complexity index is 824. The Kier molecular flexibility index (Phi) is 3.31. The van der Waals surface area contributed by atoms with Gasteiger partial charge in [-0.2, -0.15) is 13.2 Å². The molecule has 0 aliphatic rings. The van der Waals surface area contributed by atoms with E-state index in [0.29, 0.717) is 11.0 Å². The number of hydrogen-bond donors (Lipinski definition) is 1. The molecule has 0 unspecified atom stereocenters. The van der Waals surface area contributed by atoms with Crippen LogP contribution in [0.5, 0.6) is 0 Å². The second-order valence-corrected chi connectivity index (χ2v) is 5.70. The average molecular weight is 403 g/mol. The Morgan fingerprint density at radius 1 is 1.10 bits per heavy atom. The third kappa shape index (κ3) is 2.45. The van der Waals surface area contributed by atoms with Gasteiger partial charge in [-0.25, -0.2) is 4.98 Å². The zero-order valence-electron chi connectivity index (χ0n) is 10.5. The number of nitrogens with zero attached hydrogens (tertiary/aromatic N) is 2. The molecule has 1 aromatic heterocycles. The molecule has 0 fully saturated rings. The predicted molar refractivity (Wildman–Crippen MR) is 83.2 cm³/mol. The molecule has 2 aromatic carbocycles. The molecule has 0 aliphatic heterocycles. The lowest BCUT2D eigenvalue weighted by atomic mass is 10.1. The van der Waals surface area contributed by atoms with Crippen LogP contribution in [0.4, 0.5) is 19.1 Å². The molecular formula is C14H9F3IN3. The number of nitrogen functional groups attached to an aromatic ring is 1. The van der Waals surface area contributed by atoms with Crippen LogP contribution in [0.25, 0.3) is 16.7 Å². The maximum absolute atomic E-state index is 13.2. The van der Waals surface area contributed by atoms with Gasteiger partial charge < -0.3 is 5.73 Å². The van der Waals surface area contributed by atoms with Crippen molar-refractivity contribution in [2.75, 3.05) is 5.73 Å². The van der Waals surface area contributed by atoms with Crippen molar-refractivity contribution in [1.82, 2.24) is 9.55 Å². The summed E-state index contributed by atoms with van der Waals surface area (Å²) in [5.74, 6) is 0.0312. The number of rotatable bonds is 1. The molecule has 1 heterocycles. The van der Waals surface area contributed by atoms with E-state index in [1.54, 1.807) is 24.3 Å². The van der Waals surface area contributed by atoms with Crippen LogP contribution < -0.4 is 5.73 Å². The number of para-hydroxylation sites is 1. The van der Waals surface area contributed by atoms with Gasteiger partial charge in [0.2, 0.25) is 5.95 Å². The SMILES string of the molecule is Nc1nc2cc(I)ccc2n1-c1ccccc1C(F)(F)F.